The van der Waals surface area contributed by atoms with Crippen molar-refractivity contribution in [2.45, 2.75) is 46.2 Å². The molecule has 0 spiro atoms. The summed E-state index contributed by atoms with van der Waals surface area (Å²) in [4.78, 5) is 23.1. The molecule has 1 aromatic heterocycles. The van der Waals surface area contributed by atoms with Gasteiger partial charge in [0.05, 0.1) is 23.0 Å². The van der Waals surface area contributed by atoms with Gasteiger partial charge in [-0.2, -0.15) is 5.10 Å². The number of nitrogens with zero attached hydrogens (tertiary/aromatic N) is 2. The van der Waals surface area contributed by atoms with Crippen LogP contribution in [-0.4, -0.2) is 33.4 Å². The first-order chi connectivity index (χ1) is 12.2. The summed E-state index contributed by atoms with van der Waals surface area (Å²) in [6, 6.07) is 6.99. The van der Waals surface area contributed by atoms with E-state index < -0.39 is 12.6 Å². The molecule has 2 N–H and O–H groups in total. The van der Waals surface area contributed by atoms with E-state index in [9.17, 15) is 9.59 Å². The van der Waals surface area contributed by atoms with Crippen molar-refractivity contribution >= 4 is 11.9 Å². The zero-order chi connectivity index (χ0) is 19.3. The van der Waals surface area contributed by atoms with Crippen LogP contribution in [0.4, 0.5) is 0 Å². The molecular formula is C19H25N3O4. The van der Waals surface area contributed by atoms with Crippen LogP contribution in [0.2, 0.25) is 0 Å². The van der Waals surface area contributed by atoms with Gasteiger partial charge in [-0.05, 0) is 44.9 Å². The van der Waals surface area contributed by atoms with Crippen LogP contribution in [0.3, 0.4) is 0 Å². The van der Waals surface area contributed by atoms with E-state index in [0.29, 0.717) is 24.3 Å². The maximum atomic E-state index is 12.6. The number of hydrogen-bond acceptors (Lipinski definition) is 4. The minimum atomic E-state index is -1.04. The molecule has 7 heteroatoms. The molecule has 0 radical (unpaired) electrons. The van der Waals surface area contributed by atoms with Crippen molar-refractivity contribution in [3.63, 3.8) is 0 Å². The third kappa shape index (κ3) is 4.84. The second-order valence-electron chi connectivity index (χ2n) is 6.95. The highest BCUT2D eigenvalue weighted by Crippen LogP contribution is 2.20. The Hall–Kier alpha value is -2.83. The predicted octanol–water partition coefficient (Wildman–Crippen LogP) is 2.59. The van der Waals surface area contributed by atoms with Crippen LogP contribution >= 0.6 is 0 Å². The lowest BCUT2D eigenvalue weighted by Crippen LogP contribution is -2.27. The summed E-state index contributed by atoms with van der Waals surface area (Å²) in [7, 11) is 0. The van der Waals surface area contributed by atoms with Crippen LogP contribution in [0.15, 0.2) is 30.5 Å². The largest absolute Gasteiger partial charge is 0.482 e. The number of nitrogens with one attached hydrogen (secondary N) is 1. The molecule has 0 aliphatic rings. The molecule has 1 amide bonds. The molecule has 1 aromatic carbocycles. The van der Waals surface area contributed by atoms with Gasteiger partial charge in [-0.25, -0.2) is 4.79 Å². The average Bonchev–Trinajstić information content (AvgIpc) is 3.02. The fourth-order valence-corrected chi connectivity index (χ4v) is 2.65. The molecule has 0 saturated heterocycles. The number of aromatic nitrogens is 2. The fourth-order valence-electron chi connectivity index (χ4n) is 2.65. The summed E-state index contributed by atoms with van der Waals surface area (Å²) in [5.74, 6) is -0.769. The SMILES string of the molecule is CCc1c(C(=O)NCc2cccc(OCC(=O)O)c2)cnn1C(C)(C)C. The van der Waals surface area contributed by atoms with Gasteiger partial charge in [0, 0.05) is 6.54 Å². The topological polar surface area (TPSA) is 93.4 Å². The van der Waals surface area contributed by atoms with E-state index in [1.165, 1.54) is 0 Å². The van der Waals surface area contributed by atoms with E-state index in [1.807, 2.05) is 38.4 Å². The molecular weight excluding hydrogens is 334 g/mol. The third-order valence-corrected chi connectivity index (χ3v) is 3.80. The Morgan fingerprint density at radius 1 is 1.31 bits per heavy atom. The van der Waals surface area contributed by atoms with E-state index in [0.717, 1.165) is 11.3 Å². The molecule has 26 heavy (non-hydrogen) atoms. The highest BCUT2D eigenvalue weighted by molar-refractivity contribution is 5.95. The average molecular weight is 359 g/mol. The van der Waals surface area contributed by atoms with Crippen LogP contribution in [-0.2, 0) is 23.3 Å². The van der Waals surface area contributed by atoms with E-state index >= 15 is 0 Å². The maximum Gasteiger partial charge on any atom is 0.341 e. The van der Waals surface area contributed by atoms with Crippen LogP contribution in [0.1, 0.15) is 49.3 Å². The summed E-state index contributed by atoms with van der Waals surface area (Å²) < 4.78 is 7.03. The lowest BCUT2D eigenvalue weighted by molar-refractivity contribution is -0.139. The van der Waals surface area contributed by atoms with Gasteiger partial charge in [0.25, 0.3) is 5.91 Å². The molecule has 0 saturated carbocycles. The quantitative estimate of drug-likeness (QED) is 0.792. The Morgan fingerprint density at radius 2 is 2.04 bits per heavy atom. The number of rotatable bonds is 7. The van der Waals surface area contributed by atoms with Gasteiger partial charge < -0.3 is 15.2 Å². The van der Waals surface area contributed by atoms with Gasteiger partial charge in [0.2, 0.25) is 0 Å². The van der Waals surface area contributed by atoms with Gasteiger partial charge in [-0.1, -0.05) is 19.1 Å². The van der Waals surface area contributed by atoms with Crippen LogP contribution in [0.5, 0.6) is 5.75 Å². The fraction of sp³-hybridized carbons (Fsp3) is 0.421. The summed E-state index contributed by atoms with van der Waals surface area (Å²) in [5.41, 5.74) is 2.09. The Kier molecular flexibility index (Phi) is 6.02. The normalized spacial score (nSPS) is 11.2. The number of aliphatic carboxylic acids is 1. The molecule has 0 atom stereocenters. The smallest absolute Gasteiger partial charge is 0.341 e. The second-order valence-corrected chi connectivity index (χ2v) is 6.95. The van der Waals surface area contributed by atoms with Gasteiger partial charge in [0.15, 0.2) is 6.61 Å². The molecule has 0 aliphatic heterocycles. The van der Waals surface area contributed by atoms with Gasteiger partial charge in [0.1, 0.15) is 5.75 Å². The summed E-state index contributed by atoms with van der Waals surface area (Å²) in [5, 5.41) is 15.9. The van der Waals surface area contributed by atoms with E-state index in [1.54, 1.807) is 24.4 Å². The summed E-state index contributed by atoms with van der Waals surface area (Å²) >= 11 is 0. The number of benzene rings is 1. The van der Waals surface area contributed by atoms with E-state index in [2.05, 4.69) is 10.4 Å². The summed E-state index contributed by atoms with van der Waals surface area (Å²) in [6.45, 7) is 8.05. The third-order valence-electron chi connectivity index (χ3n) is 3.80. The molecule has 1 heterocycles. The minimum absolute atomic E-state index is 0.186. The molecule has 0 bridgehead atoms. The number of carboxylic acid groups (broad SMARTS) is 1. The molecule has 140 valence electrons. The number of hydrogen-bond donors (Lipinski definition) is 2. The van der Waals surface area contributed by atoms with Crippen molar-refractivity contribution < 1.29 is 19.4 Å². The molecule has 0 aliphatic carbocycles. The number of carbonyl (C=O) groups excluding carboxylic acids is 1. The van der Waals surface area contributed by atoms with Crippen LogP contribution < -0.4 is 10.1 Å². The lowest BCUT2D eigenvalue weighted by atomic mass is 10.1. The highest BCUT2D eigenvalue weighted by atomic mass is 16.5. The van der Waals surface area contributed by atoms with Crippen molar-refractivity contribution in [1.82, 2.24) is 15.1 Å². The first-order valence-corrected chi connectivity index (χ1v) is 8.51. The lowest BCUT2D eigenvalue weighted by Gasteiger charge is -2.22. The maximum absolute atomic E-state index is 12.6. The number of amides is 1. The zero-order valence-electron chi connectivity index (χ0n) is 15.6. The number of ether oxygens (including phenoxy) is 1. The van der Waals surface area contributed by atoms with Gasteiger partial charge >= 0.3 is 5.97 Å². The predicted molar refractivity (Wildman–Crippen MR) is 97.3 cm³/mol. The molecule has 7 nitrogen and oxygen atoms in total. The Morgan fingerprint density at radius 3 is 2.65 bits per heavy atom. The standard InChI is InChI=1S/C19H25N3O4/c1-5-16-15(11-21-22(16)19(2,3)4)18(25)20-10-13-7-6-8-14(9-13)26-12-17(23)24/h6-9,11H,5,10,12H2,1-4H3,(H,20,25)(H,23,24). The van der Waals surface area contributed by atoms with Crippen molar-refractivity contribution in [1.29, 1.82) is 0 Å². The number of carbonyl (C=O) groups is 2. The molecule has 2 aromatic rings. The zero-order valence-corrected chi connectivity index (χ0v) is 15.6. The van der Waals surface area contributed by atoms with Crippen molar-refractivity contribution in [3.05, 3.63) is 47.3 Å². The van der Waals surface area contributed by atoms with Crippen molar-refractivity contribution in [2.24, 2.45) is 0 Å². The Labute approximate surface area is 153 Å². The minimum Gasteiger partial charge on any atom is -0.482 e. The van der Waals surface area contributed by atoms with Gasteiger partial charge in [-0.15, -0.1) is 0 Å². The van der Waals surface area contributed by atoms with E-state index in [-0.39, 0.29) is 11.4 Å². The first-order valence-electron chi connectivity index (χ1n) is 8.51. The van der Waals surface area contributed by atoms with Crippen LogP contribution in [0, 0.1) is 0 Å². The first kappa shape index (κ1) is 19.5. The Balaban J connectivity index is 2.06. The monoisotopic (exact) mass is 359 g/mol. The molecule has 2 rings (SSSR count). The van der Waals surface area contributed by atoms with Crippen molar-refractivity contribution in [3.8, 4) is 5.75 Å². The number of carboxylic acids is 1. The molecule has 0 fully saturated rings. The second kappa shape index (κ2) is 8.03. The summed E-state index contributed by atoms with van der Waals surface area (Å²) in [6.07, 6.45) is 2.31. The van der Waals surface area contributed by atoms with Gasteiger partial charge in [-0.3, -0.25) is 9.48 Å². The Bertz CT molecular complexity index is 790. The highest BCUT2D eigenvalue weighted by Gasteiger charge is 2.22. The molecule has 0 unspecified atom stereocenters. The van der Waals surface area contributed by atoms with E-state index in [4.69, 9.17) is 9.84 Å². The van der Waals surface area contributed by atoms with Crippen LogP contribution in [0.25, 0.3) is 0 Å². The van der Waals surface area contributed by atoms with Crippen molar-refractivity contribution in [2.75, 3.05) is 6.61 Å².